The van der Waals surface area contributed by atoms with Crippen LogP contribution in [0.2, 0.25) is 0 Å². The second-order valence-electron chi connectivity index (χ2n) is 9.02. The number of aromatic nitrogens is 2. The summed E-state index contributed by atoms with van der Waals surface area (Å²) < 4.78 is 38.5. The summed E-state index contributed by atoms with van der Waals surface area (Å²) in [6.45, 7) is 7.44. The molecule has 172 valence electrons. The number of hydrogen-bond acceptors (Lipinski definition) is 7. The van der Waals surface area contributed by atoms with E-state index in [4.69, 9.17) is 9.47 Å². The molecule has 4 rings (SSSR count). The van der Waals surface area contributed by atoms with Gasteiger partial charge >= 0.3 is 0 Å². The Labute approximate surface area is 188 Å². The SMILES string of the molecule is CC(C)(C)c1ncc(NC(=O)C2CCN(S(=O)(=O)c3ccc4c(c3)OCCO4)CC2)cn1. The first-order valence-corrected chi connectivity index (χ1v) is 12.1. The van der Waals surface area contributed by atoms with Crippen LogP contribution in [0.3, 0.4) is 0 Å². The van der Waals surface area contributed by atoms with Crippen LogP contribution in [-0.2, 0) is 20.2 Å². The zero-order valence-electron chi connectivity index (χ0n) is 18.5. The van der Waals surface area contributed by atoms with Gasteiger partial charge in [0, 0.05) is 30.5 Å². The van der Waals surface area contributed by atoms with Crippen molar-refractivity contribution in [2.75, 3.05) is 31.6 Å². The molecule has 9 nitrogen and oxygen atoms in total. The summed E-state index contributed by atoms with van der Waals surface area (Å²) in [5, 5.41) is 2.85. The van der Waals surface area contributed by atoms with Crippen molar-refractivity contribution in [2.45, 2.75) is 43.9 Å². The highest BCUT2D eigenvalue weighted by Gasteiger charge is 2.33. The van der Waals surface area contributed by atoms with Gasteiger partial charge in [0.05, 0.1) is 23.0 Å². The van der Waals surface area contributed by atoms with Crippen molar-refractivity contribution in [2.24, 2.45) is 5.92 Å². The first kappa shape index (κ1) is 22.5. The third-order valence-electron chi connectivity index (χ3n) is 5.57. The van der Waals surface area contributed by atoms with Crippen molar-refractivity contribution in [1.82, 2.24) is 14.3 Å². The third kappa shape index (κ3) is 4.71. The quantitative estimate of drug-likeness (QED) is 0.746. The van der Waals surface area contributed by atoms with Gasteiger partial charge in [0.25, 0.3) is 0 Å². The van der Waals surface area contributed by atoms with E-state index in [0.29, 0.717) is 49.1 Å². The van der Waals surface area contributed by atoms with E-state index in [1.165, 1.54) is 16.4 Å². The number of carbonyl (C=O) groups is 1. The molecule has 0 atom stereocenters. The fourth-order valence-corrected chi connectivity index (χ4v) is 5.20. The molecule has 0 aliphatic carbocycles. The molecule has 2 aromatic rings. The third-order valence-corrected chi connectivity index (χ3v) is 7.46. The Hall–Kier alpha value is -2.72. The van der Waals surface area contributed by atoms with E-state index in [2.05, 4.69) is 15.3 Å². The maximum atomic E-state index is 13.1. The number of anilines is 1. The van der Waals surface area contributed by atoms with Crippen LogP contribution in [0, 0.1) is 5.92 Å². The van der Waals surface area contributed by atoms with Gasteiger partial charge in [0.2, 0.25) is 15.9 Å². The fraction of sp³-hybridized carbons (Fsp3) is 0.500. The van der Waals surface area contributed by atoms with Gasteiger partial charge in [-0.05, 0) is 25.0 Å². The van der Waals surface area contributed by atoms with E-state index in [1.54, 1.807) is 18.5 Å². The molecular formula is C22H28N4O5S. The maximum Gasteiger partial charge on any atom is 0.243 e. The number of fused-ring (bicyclic) bond motifs is 1. The first-order valence-electron chi connectivity index (χ1n) is 10.7. The van der Waals surface area contributed by atoms with Crippen LogP contribution < -0.4 is 14.8 Å². The highest BCUT2D eigenvalue weighted by Crippen LogP contribution is 2.34. The molecule has 0 radical (unpaired) electrons. The molecule has 0 bridgehead atoms. The molecule has 1 N–H and O–H groups in total. The average molecular weight is 461 g/mol. The number of benzene rings is 1. The van der Waals surface area contributed by atoms with Crippen LogP contribution >= 0.6 is 0 Å². The molecule has 2 aliphatic heterocycles. The normalized spacial score (nSPS) is 17.7. The smallest absolute Gasteiger partial charge is 0.243 e. The molecular weight excluding hydrogens is 432 g/mol. The number of nitrogens with one attached hydrogen (secondary N) is 1. The minimum absolute atomic E-state index is 0.145. The number of hydrogen-bond donors (Lipinski definition) is 1. The van der Waals surface area contributed by atoms with Crippen molar-refractivity contribution in [3.8, 4) is 11.5 Å². The highest BCUT2D eigenvalue weighted by atomic mass is 32.2. The van der Waals surface area contributed by atoms with E-state index in [0.717, 1.165) is 0 Å². The standard InChI is InChI=1S/C22H28N4O5S/c1-22(2,3)21-23-13-16(14-24-21)25-20(27)15-6-8-26(9-7-15)32(28,29)17-4-5-18-19(12-17)31-11-10-30-18/h4-5,12-15H,6-11H2,1-3H3,(H,25,27). The van der Waals surface area contributed by atoms with Crippen molar-refractivity contribution in [3.63, 3.8) is 0 Å². The summed E-state index contributed by atoms with van der Waals surface area (Å²) in [5.74, 6) is 1.27. The summed E-state index contributed by atoms with van der Waals surface area (Å²) in [7, 11) is -3.68. The van der Waals surface area contributed by atoms with Crippen LogP contribution in [0.5, 0.6) is 11.5 Å². The molecule has 1 fully saturated rings. The molecule has 3 heterocycles. The average Bonchev–Trinajstić information content (AvgIpc) is 2.78. The highest BCUT2D eigenvalue weighted by molar-refractivity contribution is 7.89. The lowest BCUT2D eigenvalue weighted by molar-refractivity contribution is -0.120. The summed E-state index contributed by atoms with van der Waals surface area (Å²) in [4.78, 5) is 21.5. The molecule has 0 saturated carbocycles. The number of rotatable bonds is 4. The van der Waals surface area contributed by atoms with Crippen molar-refractivity contribution >= 4 is 21.6 Å². The topological polar surface area (TPSA) is 111 Å². The van der Waals surface area contributed by atoms with Crippen LogP contribution in [0.25, 0.3) is 0 Å². The second-order valence-corrected chi connectivity index (χ2v) is 11.0. The van der Waals surface area contributed by atoms with Gasteiger partial charge < -0.3 is 14.8 Å². The molecule has 0 unspecified atom stereocenters. The van der Waals surface area contributed by atoms with Crippen LogP contribution in [-0.4, -0.2) is 54.9 Å². The van der Waals surface area contributed by atoms with Gasteiger partial charge in [-0.2, -0.15) is 4.31 Å². The molecule has 1 aromatic carbocycles. The summed E-state index contributed by atoms with van der Waals surface area (Å²) in [5.41, 5.74) is 0.368. The Morgan fingerprint density at radius 1 is 1.06 bits per heavy atom. The molecule has 2 aliphatic rings. The largest absolute Gasteiger partial charge is 0.486 e. The van der Waals surface area contributed by atoms with E-state index < -0.39 is 10.0 Å². The van der Waals surface area contributed by atoms with Crippen LogP contribution in [0.4, 0.5) is 5.69 Å². The van der Waals surface area contributed by atoms with Gasteiger partial charge in [-0.25, -0.2) is 18.4 Å². The monoisotopic (exact) mass is 460 g/mol. The van der Waals surface area contributed by atoms with E-state index >= 15 is 0 Å². The Morgan fingerprint density at radius 3 is 2.31 bits per heavy atom. The van der Waals surface area contributed by atoms with Crippen molar-refractivity contribution < 1.29 is 22.7 Å². The predicted molar refractivity (Wildman–Crippen MR) is 118 cm³/mol. The number of sulfonamides is 1. The molecule has 0 spiro atoms. The maximum absolute atomic E-state index is 13.1. The van der Waals surface area contributed by atoms with Gasteiger partial charge in [-0.15, -0.1) is 0 Å². The summed E-state index contributed by atoms with van der Waals surface area (Å²) >= 11 is 0. The number of piperidine rings is 1. The Bertz CT molecular complexity index is 1090. The number of nitrogens with zero attached hydrogens (tertiary/aromatic N) is 3. The molecule has 1 saturated heterocycles. The minimum atomic E-state index is -3.68. The van der Waals surface area contributed by atoms with E-state index in [1.807, 2.05) is 20.8 Å². The lowest BCUT2D eigenvalue weighted by Gasteiger charge is -2.30. The fourth-order valence-electron chi connectivity index (χ4n) is 3.72. The minimum Gasteiger partial charge on any atom is -0.486 e. The Kier molecular flexibility index (Phi) is 6.09. The molecule has 10 heteroatoms. The Morgan fingerprint density at radius 2 is 1.69 bits per heavy atom. The first-order chi connectivity index (χ1) is 15.1. The second kappa shape index (κ2) is 8.67. The molecule has 1 aromatic heterocycles. The van der Waals surface area contributed by atoms with Gasteiger partial charge in [-0.1, -0.05) is 20.8 Å². The Balaban J connectivity index is 1.36. The zero-order chi connectivity index (χ0) is 22.9. The van der Waals surface area contributed by atoms with Gasteiger partial charge in [-0.3, -0.25) is 4.79 Å². The van der Waals surface area contributed by atoms with Gasteiger partial charge in [0.15, 0.2) is 11.5 Å². The van der Waals surface area contributed by atoms with E-state index in [-0.39, 0.29) is 35.2 Å². The van der Waals surface area contributed by atoms with E-state index in [9.17, 15) is 13.2 Å². The van der Waals surface area contributed by atoms with Crippen LogP contribution in [0.15, 0.2) is 35.5 Å². The summed E-state index contributed by atoms with van der Waals surface area (Å²) in [6.07, 6.45) is 4.09. The predicted octanol–water partition coefficient (Wildman–Crippen LogP) is 2.58. The summed E-state index contributed by atoms with van der Waals surface area (Å²) in [6, 6.07) is 4.65. The lowest BCUT2D eigenvalue weighted by atomic mass is 9.96. The van der Waals surface area contributed by atoms with Crippen LogP contribution in [0.1, 0.15) is 39.4 Å². The zero-order valence-corrected chi connectivity index (χ0v) is 19.3. The lowest BCUT2D eigenvalue weighted by Crippen LogP contribution is -2.41. The van der Waals surface area contributed by atoms with Crippen molar-refractivity contribution in [1.29, 1.82) is 0 Å². The molecule has 1 amide bonds. The molecule has 32 heavy (non-hydrogen) atoms. The van der Waals surface area contributed by atoms with Gasteiger partial charge in [0.1, 0.15) is 19.0 Å². The van der Waals surface area contributed by atoms with Crippen molar-refractivity contribution in [3.05, 3.63) is 36.4 Å². The number of ether oxygens (including phenoxy) is 2. The number of amides is 1. The number of carbonyl (C=O) groups excluding carboxylic acids is 1.